The van der Waals surface area contributed by atoms with Crippen LogP contribution in [0.15, 0.2) is 27.9 Å². The van der Waals surface area contributed by atoms with Gasteiger partial charge in [-0.05, 0) is 37.8 Å². The summed E-state index contributed by atoms with van der Waals surface area (Å²) in [4.78, 5) is 12.2. The van der Waals surface area contributed by atoms with Crippen LogP contribution in [-0.4, -0.2) is 11.6 Å². The van der Waals surface area contributed by atoms with E-state index < -0.39 is 0 Å². The van der Waals surface area contributed by atoms with Gasteiger partial charge in [0.05, 0.1) is 6.26 Å². The van der Waals surface area contributed by atoms with Gasteiger partial charge in [0.1, 0.15) is 11.5 Å². The maximum absolute atomic E-state index is 12.2. The van der Waals surface area contributed by atoms with E-state index >= 15 is 0 Å². The molecule has 1 fully saturated rings. The number of carbonyl (C=O) groups is 1. The van der Waals surface area contributed by atoms with Gasteiger partial charge in [-0.3, -0.25) is 4.79 Å². The number of hydrogen-bond donors (Lipinski definition) is 1. The van der Waals surface area contributed by atoms with E-state index in [1.807, 2.05) is 19.1 Å². The third-order valence-electron chi connectivity index (χ3n) is 5.90. The average Bonchev–Trinajstić information content (AvgIpc) is 3.26. The second-order valence-corrected chi connectivity index (χ2v) is 8.43. The van der Waals surface area contributed by atoms with Gasteiger partial charge in [-0.1, -0.05) is 84.0 Å². The van der Waals surface area contributed by atoms with Gasteiger partial charge >= 0.3 is 0 Å². The third-order valence-corrected chi connectivity index (χ3v) is 5.90. The summed E-state index contributed by atoms with van der Waals surface area (Å²) in [6, 6.07) is 3.67. The second-order valence-electron chi connectivity index (χ2n) is 8.43. The van der Waals surface area contributed by atoms with E-state index in [1.54, 1.807) is 6.26 Å². The summed E-state index contributed by atoms with van der Waals surface area (Å²) in [5, 5.41) is 4.15. The number of carbonyl (C=O) groups excluding carboxylic acids is 1. The van der Waals surface area contributed by atoms with Crippen LogP contribution in [0.2, 0.25) is 0 Å². The molecule has 1 amide bonds. The number of amides is 1. The van der Waals surface area contributed by atoms with Crippen molar-refractivity contribution in [3.63, 3.8) is 0 Å². The second kappa shape index (κ2) is 13.6. The molecule has 0 radical (unpaired) electrons. The highest BCUT2D eigenvalue weighted by molar-refractivity contribution is 5.97. The monoisotopic (exact) mass is 388 g/mol. The fraction of sp³-hybridized carbons (Fsp3) is 0.750. The molecule has 1 heterocycles. The molecule has 4 heteroatoms. The summed E-state index contributed by atoms with van der Waals surface area (Å²) in [5.41, 5.74) is 3.40. The molecule has 1 aliphatic carbocycles. The van der Waals surface area contributed by atoms with E-state index in [4.69, 9.17) is 4.42 Å². The molecule has 1 aromatic rings. The van der Waals surface area contributed by atoms with E-state index in [2.05, 4.69) is 17.5 Å². The minimum absolute atomic E-state index is 0.0647. The zero-order valence-electron chi connectivity index (χ0n) is 18.0. The normalized spacial score (nSPS) is 19.0. The van der Waals surface area contributed by atoms with E-state index in [0.717, 1.165) is 6.42 Å². The molecule has 0 aliphatic heterocycles. The Kier molecular flexibility index (Phi) is 11.0. The number of nitrogens with one attached hydrogen (secondary N) is 1. The number of rotatable bonds is 16. The summed E-state index contributed by atoms with van der Waals surface area (Å²) in [6.45, 7) is 4.12. The van der Waals surface area contributed by atoms with Gasteiger partial charge in [0.15, 0.2) is 0 Å². The molecule has 0 bridgehead atoms. The Balaban J connectivity index is 1.40. The molecular weight excluding hydrogens is 348 g/mol. The van der Waals surface area contributed by atoms with E-state index in [0.29, 0.717) is 17.4 Å². The lowest BCUT2D eigenvalue weighted by molar-refractivity contribution is -0.122. The maximum atomic E-state index is 12.2. The highest BCUT2D eigenvalue weighted by Crippen LogP contribution is 2.42. The van der Waals surface area contributed by atoms with Gasteiger partial charge in [0.2, 0.25) is 5.91 Å². The van der Waals surface area contributed by atoms with Crippen molar-refractivity contribution >= 4 is 11.6 Å². The first kappa shape index (κ1) is 22.7. The fourth-order valence-corrected chi connectivity index (χ4v) is 3.90. The predicted molar refractivity (Wildman–Crippen MR) is 116 cm³/mol. The molecule has 2 unspecified atom stereocenters. The quantitative estimate of drug-likeness (QED) is 0.191. The van der Waals surface area contributed by atoms with E-state index in [1.165, 1.54) is 83.5 Å². The Morgan fingerprint density at radius 1 is 1.04 bits per heavy atom. The van der Waals surface area contributed by atoms with Crippen LogP contribution >= 0.6 is 0 Å². The maximum Gasteiger partial charge on any atom is 0.243 e. The highest BCUT2D eigenvalue weighted by atomic mass is 16.3. The minimum atomic E-state index is 0.0647. The van der Waals surface area contributed by atoms with Crippen molar-refractivity contribution in [1.82, 2.24) is 5.43 Å². The molecule has 2 rings (SSSR count). The molecule has 158 valence electrons. The van der Waals surface area contributed by atoms with Crippen LogP contribution in [0, 0.1) is 11.8 Å². The fourth-order valence-electron chi connectivity index (χ4n) is 3.90. The van der Waals surface area contributed by atoms with Gasteiger partial charge in [-0.15, -0.1) is 0 Å². The smallest absolute Gasteiger partial charge is 0.243 e. The molecule has 1 N–H and O–H groups in total. The van der Waals surface area contributed by atoms with Crippen molar-refractivity contribution in [3.05, 3.63) is 24.2 Å². The Hall–Kier alpha value is -1.58. The van der Waals surface area contributed by atoms with Crippen molar-refractivity contribution in [2.75, 3.05) is 0 Å². The van der Waals surface area contributed by atoms with Crippen LogP contribution in [0.5, 0.6) is 0 Å². The van der Waals surface area contributed by atoms with Crippen LogP contribution in [0.3, 0.4) is 0 Å². The first-order valence-corrected chi connectivity index (χ1v) is 11.6. The number of furan rings is 1. The van der Waals surface area contributed by atoms with Crippen LogP contribution < -0.4 is 5.43 Å². The first-order valence-electron chi connectivity index (χ1n) is 11.6. The number of hydrazone groups is 1. The molecule has 0 saturated heterocycles. The summed E-state index contributed by atoms with van der Waals surface area (Å²) in [5.74, 6) is 1.50. The van der Waals surface area contributed by atoms with Gasteiger partial charge in [-0.2, -0.15) is 5.10 Å². The zero-order valence-corrected chi connectivity index (χ0v) is 18.0. The van der Waals surface area contributed by atoms with Gasteiger partial charge in [0.25, 0.3) is 0 Å². The van der Waals surface area contributed by atoms with Crippen LogP contribution in [0.4, 0.5) is 0 Å². The van der Waals surface area contributed by atoms with Crippen molar-refractivity contribution in [2.45, 2.75) is 104 Å². The lowest BCUT2D eigenvalue weighted by Gasteiger charge is -2.03. The summed E-state index contributed by atoms with van der Waals surface area (Å²) in [7, 11) is 0. The van der Waals surface area contributed by atoms with Crippen molar-refractivity contribution < 1.29 is 9.21 Å². The molecule has 28 heavy (non-hydrogen) atoms. The molecule has 4 nitrogen and oxygen atoms in total. The van der Waals surface area contributed by atoms with E-state index in [-0.39, 0.29) is 11.8 Å². The number of hydrogen-bond acceptors (Lipinski definition) is 3. The Morgan fingerprint density at radius 3 is 2.21 bits per heavy atom. The van der Waals surface area contributed by atoms with Crippen LogP contribution in [0.1, 0.15) is 109 Å². The van der Waals surface area contributed by atoms with Crippen molar-refractivity contribution in [2.24, 2.45) is 16.9 Å². The van der Waals surface area contributed by atoms with Crippen molar-refractivity contribution in [1.29, 1.82) is 0 Å². The third kappa shape index (κ3) is 9.07. The van der Waals surface area contributed by atoms with Gasteiger partial charge in [0, 0.05) is 5.92 Å². The Labute approximate surface area is 171 Å². The summed E-state index contributed by atoms with van der Waals surface area (Å²) < 4.78 is 5.27. The highest BCUT2D eigenvalue weighted by Gasteiger charge is 2.42. The molecule has 0 aromatic carbocycles. The topological polar surface area (TPSA) is 54.6 Å². The largest absolute Gasteiger partial charge is 0.463 e. The van der Waals surface area contributed by atoms with Gasteiger partial charge < -0.3 is 4.42 Å². The molecule has 1 aliphatic rings. The van der Waals surface area contributed by atoms with Crippen molar-refractivity contribution in [3.8, 4) is 0 Å². The number of nitrogens with zero attached hydrogens (tertiary/aromatic N) is 1. The molecule has 0 spiro atoms. The molecule has 1 saturated carbocycles. The lowest BCUT2D eigenvalue weighted by atomic mass is 10.0. The Morgan fingerprint density at radius 2 is 1.64 bits per heavy atom. The summed E-state index contributed by atoms with van der Waals surface area (Å²) >= 11 is 0. The first-order chi connectivity index (χ1) is 13.7. The van der Waals surface area contributed by atoms with Crippen LogP contribution in [0.25, 0.3) is 0 Å². The predicted octanol–water partition coefficient (Wildman–Crippen LogP) is 6.85. The van der Waals surface area contributed by atoms with Gasteiger partial charge in [-0.25, -0.2) is 5.43 Å². The minimum Gasteiger partial charge on any atom is -0.463 e. The standard InChI is InChI=1S/C24H40N2O2/c1-3-4-5-6-7-8-9-10-11-12-13-14-16-21-19-22(21)24(27)26-25-20(2)23-17-15-18-28-23/h15,17-18,21-22H,3-14,16,19H2,1-2H3,(H,26,27). The molecular formula is C24H40N2O2. The molecule has 1 aromatic heterocycles. The Bertz CT molecular complexity index is 565. The molecule has 2 atom stereocenters. The van der Waals surface area contributed by atoms with E-state index in [9.17, 15) is 4.79 Å². The lowest BCUT2D eigenvalue weighted by Crippen LogP contribution is -2.21. The number of unbranched alkanes of at least 4 members (excludes halogenated alkanes) is 11. The zero-order chi connectivity index (χ0) is 20.0. The van der Waals surface area contributed by atoms with Crippen LogP contribution in [-0.2, 0) is 4.79 Å². The SMILES string of the molecule is CCCCCCCCCCCCCCC1CC1C(=O)NN=C(C)c1ccco1. The summed E-state index contributed by atoms with van der Waals surface area (Å²) in [6.07, 6.45) is 20.4. The average molecular weight is 389 g/mol.